The highest BCUT2D eigenvalue weighted by molar-refractivity contribution is 9.10. The van der Waals surface area contributed by atoms with Crippen molar-refractivity contribution in [3.8, 4) is 0 Å². The summed E-state index contributed by atoms with van der Waals surface area (Å²) < 4.78 is 28.2. The largest absolute Gasteiger partial charge is 0.310 e. The summed E-state index contributed by atoms with van der Waals surface area (Å²) in [6.07, 6.45) is 1.85. The first-order chi connectivity index (χ1) is 9.78. The zero-order chi connectivity index (χ0) is 15.6. The molecule has 1 aromatic carbocycles. The van der Waals surface area contributed by atoms with E-state index in [-0.39, 0.29) is 6.04 Å². The van der Waals surface area contributed by atoms with Gasteiger partial charge in [0.1, 0.15) is 0 Å². The van der Waals surface area contributed by atoms with Gasteiger partial charge in [0.15, 0.2) is 0 Å². The maximum atomic E-state index is 12.4. The van der Waals surface area contributed by atoms with Gasteiger partial charge in [0.05, 0.1) is 4.90 Å². The van der Waals surface area contributed by atoms with Crippen molar-refractivity contribution in [1.29, 1.82) is 0 Å². The zero-order valence-electron chi connectivity index (χ0n) is 12.7. The molecule has 2 rings (SSSR count). The highest BCUT2D eigenvalue weighted by atomic mass is 79.9. The summed E-state index contributed by atoms with van der Waals surface area (Å²) in [5.74, 6) is 0.616. The molecule has 0 aliphatic heterocycles. The molecule has 0 bridgehead atoms. The number of benzene rings is 1. The first-order valence-corrected chi connectivity index (χ1v) is 9.59. The summed E-state index contributed by atoms with van der Waals surface area (Å²) in [5, 5.41) is 3.32. The number of halogens is 1. The predicted octanol–water partition coefficient (Wildman–Crippen LogP) is 3.02. The van der Waals surface area contributed by atoms with Gasteiger partial charge in [-0.1, -0.05) is 26.8 Å². The molecule has 0 spiro atoms. The van der Waals surface area contributed by atoms with Gasteiger partial charge in [-0.15, -0.1) is 0 Å². The molecule has 21 heavy (non-hydrogen) atoms. The lowest BCUT2D eigenvalue weighted by Gasteiger charge is -2.33. The van der Waals surface area contributed by atoms with Crippen LogP contribution in [0.1, 0.15) is 39.2 Å². The molecule has 0 radical (unpaired) electrons. The monoisotopic (exact) mass is 374 g/mol. The second-order valence-corrected chi connectivity index (χ2v) is 8.73. The highest BCUT2D eigenvalue weighted by Crippen LogP contribution is 2.29. The van der Waals surface area contributed by atoms with Crippen LogP contribution in [0.3, 0.4) is 0 Å². The molecule has 0 aromatic heterocycles. The summed E-state index contributed by atoms with van der Waals surface area (Å²) in [4.78, 5) is 0.315. The predicted molar refractivity (Wildman–Crippen MR) is 88.6 cm³/mol. The SMILES string of the molecule is CC1CC(NS(=O)(=O)c2ccc(CNC(C)C)cc2Br)C1. The summed E-state index contributed by atoms with van der Waals surface area (Å²) in [7, 11) is -3.44. The van der Waals surface area contributed by atoms with E-state index in [0.717, 1.165) is 24.9 Å². The molecule has 0 heterocycles. The maximum absolute atomic E-state index is 12.4. The van der Waals surface area contributed by atoms with E-state index >= 15 is 0 Å². The van der Waals surface area contributed by atoms with Crippen molar-refractivity contribution in [3.63, 3.8) is 0 Å². The third kappa shape index (κ3) is 4.52. The van der Waals surface area contributed by atoms with Crippen molar-refractivity contribution in [1.82, 2.24) is 10.0 Å². The lowest BCUT2D eigenvalue weighted by Crippen LogP contribution is -2.43. The van der Waals surface area contributed by atoms with E-state index in [1.54, 1.807) is 6.07 Å². The van der Waals surface area contributed by atoms with Crippen molar-refractivity contribution in [3.05, 3.63) is 28.2 Å². The topological polar surface area (TPSA) is 58.2 Å². The molecule has 2 N–H and O–H groups in total. The van der Waals surface area contributed by atoms with Crippen LogP contribution in [0.15, 0.2) is 27.6 Å². The first-order valence-electron chi connectivity index (χ1n) is 7.32. The molecule has 0 unspecified atom stereocenters. The molecule has 1 aliphatic rings. The van der Waals surface area contributed by atoms with Crippen molar-refractivity contribution in [2.75, 3.05) is 0 Å². The van der Waals surface area contributed by atoms with Crippen LogP contribution in [0.5, 0.6) is 0 Å². The van der Waals surface area contributed by atoms with Crippen LogP contribution in [0.4, 0.5) is 0 Å². The highest BCUT2D eigenvalue weighted by Gasteiger charge is 2.30. The molecule has 4 nitrogen and oxygen atoms in total. The molecule has 6 heteroatoms. The standard InChI is InChI=1S/C15H23BrN2O2S/c1-10(2)17-9-12-4-5-15(14(16)8-12)21(19,20)18-13-6-11(3)7-13/h4-5,8,10-11,13,17-18H,6-7,9H2,1-3H3. The number of hydrogen-bond acceptors (Lipinski definition) is 3. The number of sulfonamides is 1. The van der Waals surface area contributed by atoms with Gasteiger partial charge in [-0.25, -0.2) is 13.1 Å². The zero-order valence-corrected chi connectivity index (χ0v) is 15.1. The van der Waals surface area contributed by atoms with Crippen molar-refractivity contribution in [2.45, 2.75) is 57.1 Å². The fourth-order valence-corrected chi connectivity index (χ4v) is 4.86. The van der Waals surface area contributed by atoms with Gasteiger partial charge in [-0.05, 0) is 52.4 Å². The first kappa shape index (κ1) is 16.9. The second kappa shape index (κ2) is 6.77. The van der Waals surface area contributed by atoms with Gasteiger partial charge in [-0.2, -0.15) is 0 Å². The van der Waals surface area contributed by atoms with E-state index in [0.29, 0.717) is 21.3 Å². The van der Waals surface area contributed by atoms with Crippen LogP contribution in [0.25, 0.3) is 0 Å². The molecule has 1 aromatic rings. The third-order valence-corrected chi connectivity index (χ3v) is 6.19. The van der Waals surface area contributed by atoms with E-state index < -0.39 is 10.0 Å². The molecule has 1 fully saturated rings. The number of nitrogens with one attached hydrogen (secondary N) is 2. The van der Waals surface area contributed by atoms with Crippen LogP contribution in [-0.4, -0.2) is 20.5 Å². The number of rotatable bonds is 6. The van der Waals surface area contributed by atoms with E-state index in [4.69, 9.17) is 0 Å². The third-order valence-electron chi connectivity index (χ3n) is 3.70. The molecule has 1 aliphatic carbocycles. The van der Waals surface area contributed by atoms with Crippen LogP contribution in [0, 0.1) is 5.92 Å². The summed E-state index contributed by atoms with van der Waals surface area (Å²) >= 11 is 3.38. The quantitative estimate of drug-likeness (QED) is 0.804. The van der Waals surface area contributed by atoms with Crippen molar-refractivity contribution in [2.24, 2.45) is 5.92 Å². The van der Waals surface area contributed by atoms with E-state index in [1.165, 1.54) is 0 Å². The second-order valence-electron chi connectivity index (χ2n) is 6.20. The average Bonchev–Trinajstić information content (AvgIpc) is 2.34. The van der Waals surface area contributed by atoms with Gasteiger partial charge in [-0.3, -0.25) is 0 Å². The van der Waals surface area contributed by atoms with Gasteiger partial charge >= 0.3 is 0 Å². The Morgan fingerprint density at radius 3 is 2.52 bits per heavy atom. The Bertz CT molecular complexity index is 596. The minimum atomic E-state index is -3.44. The molecule has 118 valence electrons. The van der Waals surface area contributed by atoms with Crippen LogP contribution >= 0.6 is 15.9 Å². The lowest BCUT2D eigenvalue weighted by atomic mass is 9.83. The van der Waals surface area contributed by atoms with Gasteiger partial charge in [0.2, 0.25) is 10.0 Å². The molecular formula is C15H23BrN2O2S. The van der Waals surface area contributed by atoms with Crippen LogP contribution < -0.4 is 10.0 Å². The number of hydrogen-bond donors (Lipinski definition) is 2. The van der Waals surface area contributed by atoms with Crippen molar-refractivity contribution >= 4 is 26.0 Å². The van der Waals surface area contributed by atoms with Crippen LogP contribution in [-0.2, 0) is 16.6 Å². The van der Waals surface area contributed by atoms with Gasteiger partial charge in [0, 0.05) is 23.1 Å². The van der Waals surface area contributed by atoms with Gasteiger partial charge in [0.25, 0.3) is 0 Å². The minimum Gasteiger partial charge on any atom is -0.310 e. The minimum absolute atomic E-state index is 0.0826. The van der Waals surface area contributed by atoms with Crippen molar-refractivity contribution < 1.29 is 8.42 Å². The smallest absolute Gasteiger partial charge is 0.241 e. The maximum Gasteiger partial charge on any atom is 0.241 e. The Morgan fingerprint density at radius 2 is 2.00 bits per heavy atom. The molecule has 0 atom stereocenters. The van der Waals surface area contributed by atoms with Gasteiger partial charge < -0.3 is 5.32 Å². The average molecular weight is 375 g/mol. The Morgan fingerprint density at radius 1 is 1.33 bits per heavy atom. The normalized spacial score (nSPS) is 22.3. The molecular weight excluding hydrogens is 352 g/mol. The van der Waals surface area contributed by atoms with E-state index in [9.17, 15) is 8.42 Å². The summed E-state index contributed by atoms with van der Waals surface area (Å²) in [5.41, 5.74) is 1.06. The Balaban J connectivity index is 2.08. The fourth-order valence-electron chi connectivity index (χ4n) is 2.48. The summed E-state index contributed by atoms with van der Waals surface area (Å²) in [6.45, 7) is 7.02. The molecule has 1 saturated carbocycles. The van der Waals surface area contributed by atoms with Crippen LogP contribution in [0.2, 0.25) is 0 Å². The lowest BCUT2D eigenvalue weighted by molar-refractivity contribution is 0.270. The molecule has 0 amide bonds. The Hall–Kier alpha value is -0.430. The molecule has 0 saturated heterocycles. The summed E-state index contributed by atoms with van der Waals surface area (Å²) in [6, 6.07) is 5.88. The fraction of sp³-hybridized carbons (Fsp3) is 0.600. The Labute approximate surface area is 135 Å². The Kier molecular flexibility index (Phi) is 5.46. The van der Waals surface area contributed by atoms with E-state index in [1.807, 2.05) is 12.1 Å². The van der Waals surface area contributed by atoms with E-state index in [2.05, 4.69) is 46.7 Å².